The summed E-state index contributed by atoms with van der Waals surface area (Å²) in [6, 6.07) is 9.69. The zero-order chi connectivity index (χ0) is 16.9. The monoisotopic (exact) mass is 345 g/mol. The molecule has 0 unspecified atom stereocenters. The summed E-state index contributed by atoms with van der Waals surface area (Å²) in [5.74, 6) is 2.37. The lowest BCUT2D eigenvalue weighted by Crippen LogP contribution is -2.46. The van der Waals surface area contributed by atoms with E-state index in [0.29, 0.717) is 12.4 Å². The Kier molecular flexibility index (Phi) is 5.15. The van der Waals surface area contributed by atoms with Crippen LogP contribution in [0.4, 0.5) is 11.6 Å². The summed E-state index contributed by atoms with van der Waals surface area (Å²) >= 11 is 6.19. The number of benzene rings is 1. The number of rotatable bonds is 5. The Bertz CT molecular complexity index is 716. The van der Waals surface area contributed by atoms with Gasteiger partial charge in [0.1, 0.15) is 17.5 Å². The molecular formula is C17H20ClN5O. The molecule has 126 valence electrons. The van der Waals surface area contributed by atoms with E-state index >= 15 is 0 Å². The van der Waals surface area contributed by atoms with Crippen molar-refractivity contribution in [2.75, 3.05) is 36.4 Å². The van der Waals surface area contributed by atoms with Crippen molar-refractivity contribution in [2.45, 2.75) is 13.5 Å². The molecule has 0 saturated carbocycles. The standard InChI is InChI=1S/C17H20ClN5O/c1-13-20-16(19-11-14-4-2-3-5-15(14)18)10-17(21-13)23-8-6-22(12-24)7-9-23/h2-5,10,12H,6-9,11H2,1H3,(H,19,20,21). The van der Waals surface area contributed by atoms with Crippen LogP contribution in [0.15, 0.2) is 30.3 Å². The molecule has 1 fully saturated rings. The van der Waals surface area contributed by atoms with E-state index in [1.807, 2.05) is 37.3 Å². The minimum Gasteiger partial charge on any atom is -0.366 e. The molecule has 0 radical (unpaired) electrons. The van der Waals surface area contributed by atoms with E-state index in [1.165, 1.54) is 0 Å². The number of nitrogens with zero attached hydrogens (tertiary/aromatic N) is 4. The van der Waals surface area contributed by atoms with Gasteiger partial charge in [-0.25, -0.2) is 9.97 Å². The molecule has 0 spiro atoms. The van der Waals surface area contributed by atoms with Crippen molar-refractivity contribution in [3.05, 3.63) is 46.7 Å². The number of hydrogen-bond acceptors (Lipinski definition) is 5. The predicted molar refractivity (Wildman–Crippen MR) is 95.4 cm³/mol. The zero-order valence-corrected chi connectivity index (χ0v) is 14.3. The predicted octanol–water partition coefficient (Wildman–Crippen LogP) is 2.33. The first-order chi connectivity index (χ1) is 11.7. The number of carbonyl (C=O) groups is 1. The van der Waals surface area contributed by atoms with Gasteiger partial charge in [-0.3, -0.25) is 4.79 Å². The lowest BCUT2D eigenvalue weighted by molar-refractivity contribution is -0.118. The van der Waals surface area contributed by atoms with Crippen LogP contribution in [0.25, 0.3) is 0 Å². The Hall–Kier alpha value is -2.34. The molecule has 24 heavy (non-hydrogen) atoms. The second-order valence-electron chi connectivity index (χ2n) is 5.73. The van der Waals surface area contributed by atoms with Gasteiger partial charge in [0, 0.05) is 43.8 Å². The molecule has 1 amide bonds. The summed E-state index contributed by atoms with van der Waals surface area (Å²) in [7, 11) is 0. The maximum Gasteiger partial charge on any atom is 0.209 e. The number of amides is 1. The smallest absolute Gasteiger partial charge is 0.209 e. The maximum absolute atomic E-state index is 10.8. The Morgan fingerprint density at radius 1 is 1.21 bits per heavy atom. The second-order valence-corrected chi connectivity index (χ2v) is 6.14. The van der Waals surface area contributed by atoms with Crippen LogP contribution in [-0.2, 0) is 11.3 Å². The van der Waals surface area contributed by atoms with Gasteiger partial charge >= 0.3 is 0 Å². The van der Waals surface area contributed by atoms with E-state index in [1.54, 1.807) is 4.90 Å². The average molecular weight is 346 g/mol. The Morgan fingerprint density at radius 3 is 2.67 bits per heavy atom. The number of aromatic nitrogens is 2. The van der Waals surface area contributed by atoms with Crippen LogP contribution < -0.4 is 10.2 Å². The lowest BCUT2D eigenvalue weighted by Gasteiger charge is -2.33. The minimum atomic E-state index is 0.606. The van der Waals surface area contributed by atoms with Crippen LogP contribution in [0.2, 0.25) is 5.02 Å². The number of halogens is 1. The van der Waals surface area contributed by atoms with Crippen molar-refractivity contribution < 1.29 is 4.79 Å². The van der Waals surface area contributed by atoms with Gasteiger partial charge in [-0.15, -0.1) is 0 Å². The van der Waals surface area contributed by atoms with Crippen molar-refractivity contribution in [1.82, 2.24) is 14.9 Å². The number of carbonyl (C=O) groups excluding carboxylic acids is 1. The van der Waals surface area contributed by atoms with Crippen LogP contribution >= 0.6 is 11.6 Å². The summed E-state index contributed by atoms with van der Waals surface area (Å²) < 4.78 is 0. The molecule has 2 aromatic rings. The topological polar surface area (TPSA) is 61.4 Å². The van der Waals surface area contributed by atoms with Gasteiger partial charge in [-0.2, -0.15) is 0 Å². The number of piperazine rings is 1. The van der Waals surface area contributed by atoms with E-state index < -0.39 is 0 Å². The SMILES string of the molecule is Cc1nc(NCc2ccccc2Cl)cc(N2CCN(C=O)CC2)n1. The average Bonchev–Trinajstić information content (AvgIpc) is 2.61. The van der Waals surface area contributed by atoms with Crippen molar-refractivity contribution >= 4 is 29.6 Å². The summed E-state index contributed by atoms with van der Waals surface area (Å²) in [6.45, 7) is 5.47. The van der Waals surface area contributed by atoms with Crippen LogP contribution in [-0.4, -0.2) is 47.5 Å². The van der Waals surface area contributed by atoms with E-state index in [4.69, 9.17) is 11.6 Å². The summed E-state index contributed by atoms with van der Waals surface area (Å²) in [4.78, 5) is 23.7. The highest BCUT2D eigenvalue weighted by molar-refractivity contribution is 6.31. The van der Waals surface area contributed by atoms with Crippen LogP contribution in [0.5, 0.6) is 0 Å². The summed E-state index contributed by atoms with van der Waals surface area (Å²) in [6.07, 6.45) is 0.902. The van der Waals surface area contributed by atoms with Gasteiger partial charge in [-0.05, 0) is 18.6 Å². The molecule has 7 heteroatoms. The largest absolute Gasteiger partial charge is 0.366 e. The third-order valence-corrected chi connectivity index (χ3v) is 4.40. The molecule has 1 aliphatic rings. The number of nitrogens with one attached hydrogen (secondary N) is 1. The molecule has 0 bridgehead atoms. The highest BCUT2D eigenvalue weighted by Crippen LogP contribution is 2.20. The molecule has 3 rings (SSSR count). The van der Waals surface area contributed by atoms with Crippen molar-refractivity contribution in [3.63, 3.8) is 0 Å². The fraction of sp³-hybridized carbons (Fsp3) is 0.353. The highest BCUT2D eigenvalue weighted by Gasteiger charge is 2.17. The highest BCUT2D eigenvalue weighted by atomic mass is 35.5. The maximum atomic E-state index is 10.8. The number of hydrogen-bond donors (Lipinski definition) is 1. The fourth-order valence-corrected chi connectivity index (χ4v) is 2.89. The second kappa shape index (κ2) is 7.49. The first-order valence-corrected chi connectivity index (χ1v) is 8.31. The molecule has 1 aromatic heterocycles. The Balaban J connectivity index is 1.70. The van der Waals surface area contributed by atoms with Gasteiger partial charge in [0.05, 0.1) is 0 Å². The zero-order valence-electron chi connectivity index (χ0n) is 13.6. The molecule has 1 N–H and O–H groups in total. The molecule has 1 aromatic carbocycles. The summed E-state index contributed by atoms with van der Waals surface area (Å²) in [5, 5.41) is 4.05. The molecule has 0 atom stereocenters. The number of aryl methyl sites for hydroxylation is 1. The quantitative estimate of drug-likeness (QED) is 0.843. The van der Waals surface area contributed by atoms with E-state index in [2.05, 4.69) is 20.2 Å². The van der Waals surface area contributed by atoms with Crippen molar-refractivity contribution in [2.24, 2.45) is 0 Å². The first kappa shape index (κ1) is 16.5. The van der Waals surface area contributed by atoms with Crippen LogP contribution in [0.3, 0.4) is 0 Å². The minimum absolute atomic E-state index is 0.606. The van der Waals surface area contributed by atoms with Crippen molar-refractivity contribution in [1.29, 1.82) is 0 Å². The van der Waals surface area contributed by atoms with E-state index in [-0.39, 0.29) is 0 Å². The van der Waals surface area contributed by atoms with Gasteiger partial charge in [-0.1, -0.05) is 29.8 Å². The molecular weight excluding hydrogens is 326 g/mol. The van der Waals surface area contributed by atoms with Gasteiger partial charge in [0.15, 0.2) is 0 Å². The Morgan fingerprint density at radius 2 is 1.96 bits per heavy atom. The van der Waals surface area contributed by atoms with Gasteiger partial charge in [0.2, 0.25) is 6.41 Å². The normalized spacial score (nSPS) is 14.6. The van der Waals surface area contributed by atoms with Gasteiger partial charge < -0.3 is 15.1 Å². The molecule has 0 aliphatic carbocycles. The van der Waals surface area contributed by atoms with E-state index in [0.717, 1.165) is 54.8 Å². The molecule has 1 aliphatic heterocycles. The molecule has 6 nitrogen and oxygen atoms in total. The first-order valence-electron chi connectivity index (χ1n) is 7.93. The molecule has 2 heterocycles. The van der Waals surface area contributed by atoms with Crippen molar-refractivity contribution in [3.8, 4) is 0 Å². The van der Waals surface area contributed by atoms with Gasteiger partial charge in [0.25, 0.3) is 0 Å². The summed E-state index contributed by atoms with van der Waals surface area (Å²) in [5.41, 5.74) is 1.02. The number of anilines is 2. The van der Waals surface area contributed by atoms with Crippen LogP contribution in [0.1, 0.15) is 11.4 Å². The Labute approximate surface area is 146 Å². The third kappa shape index (κ3) is 3.94. The molecule has 1 saturated heterocycles. The third-order valence-electron chi connectivity index (χ3n) is 4.03. The van der Waals surface area contributed by atoms with E-state index in [9.17, 15) is 4.79 Å². The fourth-order valence-electron chi connectivity index (χ4n) is 2.69. The van der Waals surface area contributed by atoms with Crippen LogP contribution in [0, 0.1) is 6.92 Å². The lowest BCUT2D eigenvalue weighted by atomic mass is 10.2.